The van der Waals surface area contributed by atoms with Crippen LogP contribution in [0.1, 0.15) is 0 Å². The molecule has 2 nitrogen and oxygen atoms in total. The van der Waals surface area contributed by atoms with Gasteiger partial charge in [-0.05, 0) is 23.8 Å². The van der Waals surface area contributed by atoms with Crippen molar-refractivity contribution in [2.45, 2.75) is 0 Å². The van der Waals surface area contributed by atoms with Gasteiger partial charge >= 0.3 is 0 Å². The number of hydrogen-bond donors (Lipinski definition) is 1. The Bertz CT molecular complexity index is 726. The number of nitrogens with zero attached hydrogens (tertiary/aromatic N) is 1. The van der Waals surface area contributed by atoms with Gasteiger partial charge in [0.2, 0.25) is 0 Å². The number of nitrogens with one attached hydrogen (secondary N) is 1. The number of anilines is 2. The third-order valence-electron chi connectivity index (χ3n) is 2.73. The van der Waals surface area contributed by atoms with Gasteiger partial charge in [-0.15, -0.1) is 0 Å². The molecule has 3 aromatic rings. The number of halogens is 2. The fourth-order valence-corrected chi connectivity index (χ4v) is 2.91. The van der Waals surface area contributed by atoms with Crippen LogP contribution in [0.4, 0.5) is 10.8 Å². The minimum Gasteiger partial charge on any atom is -0.331 e. The van der Waals surface area contributed by atoms with Crippen molar-refractivity contribution in [3.8, 4) is 10.4 Å². The SMILES string of the molecule is Clc1ccc(Nc2ncc(-c3ccccc3)s2)cc1Cl. The first kappa shape index (κ1) is 13.4. The van der Waals surface area contributed by atoms with Crippen LogP contribution >= 0.6 is 34.5 Å². The maximum absolute atomic E-state index is 5.99. The lowest BCUT2D eigenvalue weighted by Gasteiger charge is -2.03. The van der Waals surface area contributed by atoms with Gasteiger partial charge in [-0.25, -0.2) is 4.98 Å². The third kappa shape index (κ3) is 2.96. The summed E-state index contributed by atoms with van der Waals surface area (Å²) in [5.74, 6) is 0. The van der Waals surface area contributed by atoms with E-state index in [1.807, 2.05) is 30.5 Å². The van der Waals surface area contributed by atoms with Gasteiger partial charge in [0.15, 0.2) is 5.13 Å². The molecule has 5 heteroatoms. The average molecular weight is 321 g/mol. The predicted octanol–water partition coefficient (Wildman–Crippen LogP) is 5.86. The van der Waals surface area contributed by atoms with E-state index >= 15 is 0 Å². The van der Waals surface area contributed by atoms with Gasteiger partial charge in [0.1, 0.15) is 0 Å². The summed E-state index contributed by atoms with van der Waals surface area (Å²) in [6, 6.07) is 15.6. The van der Waals surface area contributed by atoms with Gasteiger partial charge in [0.25, 0.3) is 0 Å². The van der Waals surface area contributed by atoms with E-state index in [-0.39, 0.29) is 0 Å². The molecule has 0 fully saturated rings. The standard InChI is InChI=1S/C15H10Cl2N2S/c16-12-7-6-11(8-13(12)17)19-15-18-9-14(20-15)10-4-2-1-3-5-10/h1-9H,(H,18,19). The van der Waals surface area contributed by atoms with Gasteiger partial charge in [-0.2, -0.15) is 0 Å². The normalized spacial score (nSPS) is 10.5. The maximum atomic E-state index is 5.99. The molecule has 0 radical (unpaired) electrons. The molecule has 0 bridgehead atoms. The molecule has 0 aliphatic carbocycles. The molecule has 1 aromatic heterocycles. The number of rotatable bonds is 3. The van der Waals surface area contributed by atoms with Gasteiger partial charge < -0.3 is 5.32 Å². The van der Waals surface area contributed by atoms with Crippen LogP contribution < -0.4 is 5.32 Å². The molecule has 100 valence electrons. The first-order valence-electron chi connectivity index (χ1n) is 5.96. The molecule has 1 N–H and O–H groups in total. The summed E-state index contributed by atoms with van der Waals surface area (Å²) in [7, 11) is 0. The maximum Gasteiger partial charge on any atom is 0.187 e. The highest BCUT2D eigenvalue weighted by molar-refractivity contribution is 7.18. The molecule has 0 saturated carbocycles. The van der Waals surface area contributed by atoms with Crippen LogP contribution in [0.15, 0.2) is 54.7 Å². The van der Waals surface area contributed by atoms with Crippen molar-refractivity contribution < 1.29 is 0 Å². The Balaban J connectivity index is 1.82. The summed E-state index contributed by atoms with van der Waals surface area (Å²) >= 11 is 13.5. The quantitative estimate of drug-likeness (QED) is 0.653. The molecular formula is C15H10Cl2N2S. The van der Waals surface area contributed by atoms with Crippen molar-refractivity contribution in [3.63, 3.8) is 0 Å². The lowest BCUT2D eigenvalue weighted by molar-refractivity contribution is 1.39. The van der Waals surface area contributed by atoms with Crippen LogP contribution in [0.25, 0.3) is 10.4 Å². The number of benzene rings is 2. The van der Waals surface area contributed by atoms with Crippen LogP contribution in [0.5, 0.6) is 0 Å². The Kier molecular flexibility index (Phi) is 3.92. The molecule has 0 spiro atoms. The number of thiazole rings is 1. The Hall–Kier alpha value is -1.55. The summed E-state index contributed by atoms with van der Waals surface area (Å²) in [5, 5.41) is 5.12. The van der Waals surface area contributed by atoms with Gasteiger partial charge in [-0.3, -0.25) is 0 Å². The molecule has 20 heavy (non-hydrogen) atoms. The summed E-state index contributed by atoms with van der Waals surface area (Å²) < 4.78 is 0. The van der Waals surface area contributed by atoms with Crippen LogP contribution in [0.2, 0.25) is 10.0 Å². The minimum absolute atomic E-state index is 0.525. The fraction of sp³-hybridized carbons (Fsp3) is 0. The second-order valence-electron chi connectivity index (χ2n) is 4.15. The average Bonchev–Trinajstić information content (AvgIpc) is 2.92. The first-order chi connectivity index (χ1) is 9.72. The highest BCUT2D eigenvalue weighted by Crippen LogP contribution is 2.32. The largest absolute Gasteiger partial charge is 0.331 e. The van der Waals surface area contributed by atoms with E-state index in [0.29, 0.717) is 10.0 Å². The van der Waals surface area contributed by atoms with E-state index < -0.39 is 0 Å². The van der Waals surface area contributed by atoms with Crippen molar-refractivity contribution in [1.29, 1.82) is 0 Å². The van der Waals surface area contributed by atoms with Crippen molar-refractivity contribution >= 4 is 45.4 Å². The predicted molar refractivity (Wildman–Crippen MR) is 87.3 cm³/mol. The highest BCUT2D eigenvalue weighted by Gasteiger charge is 2.05. The molecule has 3 rings (SSSR count). The first-order valence-corrected chi connectivity index (χ1v) is 7.53. The number of aromatic nitrogens is 1. The van der Waals surface area contributed by atoms with E-state index in [9.17, 15) is 0 Å². The van der Waals surface area contributed by atoms with Crippen LogP contribution in [-0.2, 0) is 0 Å². The van der Waals surface area contributed by atoms with Crippen molar-refractivity contribution in [2.75, 3.05) is 5.32 Å². The van der Waals surface area contributed by atoms with Crippen LogP contribution in [0.3, 0.4) is 0 Å². The fourth-order valence-electron chi connectivity index (χ4n) is 1.77. The Labute approximate surface area is 131 Å². The van der Waals surface area contributed by atoms with Gasteiger partial charge in [-0.1, -0.05) is 64.9 Å². The summed E-state index contributed by atoms with van der Waals surface area (Å²) in [6.07, 6.45) is 1.86. The monoisotopic (exact) mass is 320 g/mol. The molecule has 0 saturated heterocycles. The zero-order valence-electron chi connectivity index (χ0n) is 10.3. The zero-order chi connectivity index (χ0) is 13.9. The van der Waals surface area contributed by atoms with E-state index in [4.69, 9.17) is 23.2 Å². The molecule has 1 heterocycles. The van der Waals surface area contributed by atoms with Crippen LogP contribution in [-0.4, -0.2) is 4.98 Å². The summed E-state index contributed by atoms with van der Waals surface area (Å²) in [5.41, 5.74) is 2.03. The number of hydrogen-bond acceptors (Lipinski definition) is 3. The molecule has 0 aliphatic rings. The van der Waals surface area contributed by atoms with E-state index in [0.717, 1.165) is 21.3 Å². The topological polar surface area (TPSA) is 24.9 Å². The summed E-state index contributed by atoms with van der Waals surface area (Å²) in [6.45, 7) is 0. The van der Waals surface area contributed by atoms with Gasteiger partial charge in [0.05, 0.1) is 14.9 Å². The smallest absolute Gasteiger partial charge is 0.187 e. The Morgan fingerprint density at radius 2 is 1.75 bits per heavy atom. The van der Waals surface area contributed by atoms with E-state index in [1.54, 1.807) is 23.5 Å². The Morgan fingerprint density at radius 1 is 0.950 bits per heavy atom. The Morgan fingerprint density at radius 3 is 2.50 bits per heavy atom. The minimum atomic E-state index is 0.525. The highest BCUT2D eigenvalue weighted by atomic mass is 35.5. The second-order valence-corrected chi connectivity index (χ2v) is 5.99. The molecule has 0 amide bonds. The molecule has 0 aliphatic heterocycles. The van der Waals surface area contributed by atoms with E-state index in [1.165, 1.54) is 0 Å². The van der Waals surface area contributed by atoms with Crippen molar-refractivity contribution in [3.05, 3.63) is 64.8 Å². The second kappa shape index (κ2) is 5.83. The van der Waals surface area contributed by atoms with E-state index in [2.05, 4.69) is 22.4 Å². The summed E-state index contributed by atoms with van der Waals surface area (Å²) in [4.78, 5) is 5.49. The zero-order valence-corrected chi connectivity index (χ0v) is 12.6. The van der Waals surface area contributed by atoms with Crippen LogP contribution in [0, 0.1) is 0 Å². The lowest BCUT2D eigenvalue weighted by atomic mass is 10.2. The third-order valence-corrected chi connectivity index (χ3v) is 4.44. The lowest BCUT2D eigenvalue weighted by Crippen LogP contribution is -1.88. The van der Waals surface area contributed by atoms with Gasteiger partial charge in [0, 0.05) is 11.9 Å². The van der Waals surface area contributed by atoms with Crippen molar-refractivity contribution in [1.82, 2.24) is 4.98 Å². The molecule has 0 atom stereocenters. The molecule has 2 aromatic carbocycles. The molecular weight excluding hydrogens is 311 g/mol. The van der Waals surface area contributed by atoms with Crippen molar-refractivity contribution in [2.24, 2.45) is 0 Å². The molecule has 0 unspecified atom stereocenters.